The summed E-state index contributed by atoms with van der Waals surface area (Å²) in [5, 5.41) is 36.4. The molecule has 0 spiro atoms. The predicted octanol–water partition coefficient (Wildman–Crippen LogP) is -2.91. The summed E-state index contributed by atoms with van der Waals surface area (Å²) in [4.78, 5) is 0. The van der Waals surface area contributed by atoms with Gasteiger partial charge >= 0.3 is 0 Å². The van der Waals surface area contributed by atoms with E-state index in [1.54, 1.807) is 0 Å². The van der Waals surface area contributed by atoms with Crippen molar-refractivity contribution in [3.8, 4) is 0 Å². The highest BCUT2D eigenvalue weighted by molar-refractivity contribution is 4.93. The van der Waals surface area contributed by atoms with E-state index in [-0.39, 0.29) is 0 Å². The quantitative estimate of drug-likeness (QED) is 0.385. The molecule has 2 fully saturated rings. The van der Waals surface area contributed by atoms with Gasteiger partial charge in [-0.05, 0) is 0 Å². The molecule has 2 aliphatic rings. The van der Waals surface area contributed by atoms with Crippen LogP contribution in [0.2, 0.25) is 0 Å². The number of aliphatic hydroxyl groups is 4. The monoisotopic (exact) mass is 238 g/mol. The summed E-state index contributed by atoms with van der Waals surface area (Å²) in [5.74, 6) is 0. The summed E-state index contributed by atoms with van der Waals surface area (Å²) >= 11 is 0. The van der Waals surface area contributed by atoms with Gasteiger partial charge in [-0.25, -0.2) is 0 Å². The molecule has 0 aromatic rings. The van der Waals surface area contributed by atoms with Crippen LogP contribution in [0.4, 0.5) is 0 Å². The van der Waals surface area contributed by atoms with Crippen LogP contribution in [-0.4, -0.2) is 71.0 Å². The topological polar surface area (TPSA) is 118 Å². The zero-order valence-corrected chi connectivity index (χ0v) is 8.30. The van der Waals surface area contributed by atoms with Crippen molar-refractivity contribution in [1.29, 1.82) is 0 Å². The van der Waals surface area contributed by atoms with Crippen molar-refractivity contribution in [2.75, 3.05) is 13.4 Å². The molecule has 8 heteroatoms. The highest BCUT2D eigenvalue weighted by Crippen LogP contribution is 2.33. The van der Waals surface area contributed by atoms with Crippen molar-refractivity contribution in [1.82, 2.24) is 0 Å². The second-order valence-electron chi connectivity index (χ2n) is 3.52. The van der Waals surface area contributed by atoms with Gasteiger partial charge in [-0.15, -0.1) is 0 Å². The number of aliphatic hydroxyl groups excluding tert-OH is 4. The molecule has 0 bridgehead atoms. The Morgan fingerprint density at radius 2 is 1.88 bits per heavy atom. The van der Waals surface area contributed by atoms with E-state index in [0.717, 1.165) is 0 Å². The molecule has 2 heterocycles. The Bertz CT molecular complexity index is 236. The Morgan fingerprint density at radius 1 is 1.12 bits per heavy atom. The Hall–Kier alpha value is -0.320. The van der Waals surface area contributed by atoms with Crippen LogP contribution in [0.15, 0.2) is 0 Å². The first kappa shape index (κ1) is 12.1. The lowest BCUT2D eigenvalue weighted by atomic mass is 10.1. The Morgan fingerprint density at radius 3 is 2.44 bits per heavy atom. The first-order valence-electron chi connectivity index (χ1n) is 4.83. The second kappa shape index (κ2) is 4.90. The van der Waals surface area contributed by atoms with Crippen molar-refractivity contribution < 1.29 is 39.4 Å². The Kier molecular flexibility index (Phi) is 3.72. The predicted molar refractivity (Wildman–Crippen MR) is 45.7 cm³/mol. The van der Waals surface area contributed by atoms with Crippen molar-refractivity contribution in [2.24, 2.45) is 0 Å². The molecule has 0 aromatic heterocycles. The molecule has 0 aromatic carbocycles. The first-order chi connectivity index (χ1) is 7.67. The SMILES string of the molecule is OCOC(CO)C1OC2OC(O)OC2C1O. The Labute approximate surface area is 90.9 Å². The van der Waals surface area contributed by atoms with Crippen LogP contribution in [0.3, 0.4) is 0 Å². The molecule has 6 unspecified atom stereocenters. The standard InChI is InChI=1S/C8H14O8/c9-1-3(13-2-10)5-4(11)6-7(14-5)16-8(12)15-6/h3-12H,1-2H2. The number of hydrogen-bond acceptors (Lipinski definition) is 8. The third-order valence-electron chi connectivity index (χ3n) is 2.59. The lowest BCUT2D eigenvalue weighted by Crippen LogP contribution is -2.43. The highest BCUT2D eigenvalue weighted by atomic mass is 16.9. The van der Waals surface area contributed by atoms with E-state index in [0.29, 0.717) is 0 Å². The van der Waals surface area contributed by atoms with Crippen LogP contribution in [0, 0.1) is 0 Å². The summed E-state index contributed by atoms with van der Waals surface area (Å²) in [5.41, 5.74) is 0. The average molecular weight is 238 g/mol. The van der Waals surface area contributed by atoms with E-state index in [1.807, 2.05) is 0 Å². The summed E-state index contributed by atoms with van der Waals surface area (Å²) in [6, 6.07) is 0. The van der Waals surface area contributed by atoms with Crippen LogP contribution in [0.25, 0.3) is 0 Å². The fourth-order valence-electron chi connectivity index (χ4n) is 1.85. The van der Waals surface area contributed by atoms with Gasteiger partial charge in [-0.3, -0.25) is 4.74 Å². The van der Waals surface area contributed by atoms with Crippen LogP contribution in [0.5, 0.6) is 0 Å². The van der Waals surface area contributed by atoms with Gasteiger partial charge in [-0.1, -0.05) is 0 Å². The minimum Gasteiger partial charge on any atom is -0.394 e. The van der Waals surface area contributed by atoms with E-state index < -0.39 is 50.6 Å². The largest absolute Gasteiger partial charge is 0.394 e. The number of ether oxygens (including phenoxy) is 4. The van der Waals surface area contributed by atoms with Crippen LogP contribution >= 0.6 is 0 Å². The molecule has 4 N–H and O–H groups in total. The summed E-state index contributed by atoms with van der Waals surface area (Å²) in [6.45, 7) is -2.45. The van der Waals surface area contributed by atoms with Gasteiger partial charge in [0.05, 0.1) is 6.61 Å². The summed E-state index contributed by atoms with van der Waals surface area (Å²) in [7, 11) is 0. The lowest BCUT2D eigenvalue weighted by molar-refractivity contribution is -0.266. The maximum absolute atomic E-state index is 9.79. The third kappa shape index (κ3) is 2.06. The molecule has 2 aliphatic heterocycles. The first-order valence-corrected chi connectivity index (χ1v) is 4.83. The third-order valence-corrected chi connectivity index (χ3v) is 2.59. The van der Waals surface area contributed by atoms with E-state index in [4.69, 9.17) is 34.3 Å². The fraction of sp³-hybridized carbons (Fsp3) is 1.00. The molecular weight excluding hydrogens is 224 g/mol. The smallest absolute Gasteiger partial charge is 0.271 e. The number of fused-ring (bicyclic) bond motifs is 1. The van der Waals surface area contributed by atoms with Crippen LogP contribution in [-0.2, 0) is 18.9 Å². The van der Waals surface area contributed by atoms with Gasteiger partial charge in [0.2, 0.25) is 0 Å². The zero-order valence-electron chi connectivity index (χ0n) is 8.30. The maximum Gasteiger partial charge on any atom is 0.271 e. The van der Waals surface area contributed by atoms with Gasteiger partial charge in [0.15, 0.2) is 6.29 Å². The maximum atomic E-state index is 9.79. The molecule has 0 amide bonds. The number of hydrogen-bond donors (Lipinski definition) is 4. The van der Waals surface area contributed by atoms with Crippen molar-refractivity contribution >= 4 is 0 Å². The molecule has 2 saturated heterocycles. The molecule has 2 rings (SSSR count). The zero-order chi connectivity index (χ0) is 11.7. The van der Waals surface area contributed by atoms with Crippen LogP contribution < -0.4 is 0 Å². The van der Waals surface area contributed by atoms with Gasteiger partial charge in [-0.2, -0.15) is 0 Å². The summed E-state index contributed by atoms with van der Waals surface area (Å²) < 4.78 is 19.7. The van der Waals surface area contributed by atoms with E-state index in [9.17, 15) is 5.11 Å². The molecule has 0 saturated carbocycles. The molecule has 16 heavy (non-hydrogen) atoms. The number of rotatable bonds is 4. The molecule has 94 valence electrons. The minimum absolute atomic E-state index is 0.426. The van der Waals surface area contributed by atoms with Gasteiger partial charge in [0.25, 0.3) is 6.48 Å². The van der Waals surface area contributed by atoms with Crippen molar-refractivity contribution in [2.45, 2.75) is 37.2 Å². The molecule has 0 radical (unpaired) electrons. The van der Waals surface area contributed by atoms with E-state index in [1.165, 1.54) is 0 Å². The normalized spacial score (nSPS) is 44.6. The average Bonchev–Trinajstić information content (AvgIpc) is 2.75. The molecule has 6 atom stereocenters. The molecule has 0 aliphatic carbocycles. The van der Waals surface area contributed by atoms with E-state index >= 15 is 0 Å². The molecular formula is C8H14O8. The van der Waals surface area contributed by atoms with E-state index in [2.05, 4.69) is 0 Å². The summed E-state index contributed by atoms with van der Waals surface area (Å²) in [6.07, 6.45) is -4.58. The van der Waals surface area contributed by atoms with Crippen molar-refractivity contribution in [3.63, 3.8) is 0 Å². The molecule has 8 nitrogen and oxygen atoms in total. The van der Waals surface area contributed by atoms with Gasteiger partial charge in [0, 0.05) is 0 Å². The second-order valence-corrected chi connectivity index (χ2v) is 3.52. The lowest BCUT2D eigenvalue weighted by Gasteiger charge is -2.24. The van der Waals surface area contributed by atoms with Gasteiger partial charge < -0.3 is 34.6 Å². The van der Waals surface area contributed by atoms with Crippen LogP contribution in [0.1, 0.15) is 0 Å². The minimum atomic E-state index is -1.42. The van der Waals surface area contributed by atoms with Crippen molar-refractivity contribution in [3.05, 3.63) is 0 Å². The Balaban J connectivity index is 1.99. The fourth-order valence-corrected chi connectivity index (χ4v) is 1.85. The highest BCUT2D eigenvalue weighted by Gasteiger charge is 2.53. The van der Waals surface area contributed by atoms with Gasteiger partial charge in [0.1, 0.15) is 31.2 Å².